The summed E-state index contributed by atoms with van der Waals surface area (Å²) in [6.45, 7) is 4.31. The first-order valence-corrected chi connectivity index (χ1v) is 6.32. The lowest BCUT2D eigenvalue weighted by molar-refractivity contribution is -0.150. The van der Waals surface area contributed by atoms with E-state index in [9.17, 15) is 4.79 Å². The van der Waals surface area contributed by atoms with Crippen molar-refractivity contribution >= 4 is 5.97 Å². The molecule has 5 nitrogen and oxygen atoms in total. The van der Waals surface area contributed by atoms with E-state index in [0.717, 1.165) is 12.0 Å². The van der Waals surface area contributed by atoms with Crippen molar-refractivity contribution in [2.45, 2.75) is 26.4 Å². The highest BCUT2D eigenvalue weighted by atomic mass is 16.6. The van der Waals surface area contributed by atoms with E-state index in [4.69, 9.17) is 19.9 Å². The first-order chi connectivity index (χ1) is 9.12. The summed E-state index contributed by atoms with van der Waals surface area (Å²) in [5.41, 5.74) is 6.58. The molecule has 0 aliphatic heterocycles. The Morgan fingerprint density at radius 2 is 2.11 bits per heavy atom. The highest BCUT2D eigenvalue weighted by Gasteiger charge is 2.17. The molecule has 2 N–H and O–H groups in total. The molecule has 0 saturated carbocycles. The van der Waals surface area contributed by atoms with Crippen LogP contribution >= 0.6 is 0 Å². The molecule has 0 spiro atoms. The lowest BCUT2D eigenvalue weighted by Crippen LogP contribution is -2.26. The first-order valence-electron chi connectivity index (χ1n) is 6.32. The molecule has 5 heteroatoms. The van der Waals surface area contributed by atoms with Gasteiger partial charge in [0, 0.05) is 0 Å². The Kier molecular flexibility index (Phi) is 6.15. The van der Waals surface area contributed by atoms with Crippen LogP contribution in [0.4, 0.5) is 0 Å². The smallest absolute Gasteiger partial charge is 0.347 e. The van der Waals surface area contributed by atoms with E-state index >= 15 is 0 Å². The SMILES string of the molecule is CCOC(=O)C(C)Oc1ccc(CCN)cc1OC. The molecule has 0 aromatic heterocycles. The fourth-order valence-electron chi connectivity index (χ4n) is 1.63. The average Bonchev–Trinajstić information content (AvgIpc) is 2.41. The number of rotatable bonds is 7. The summed E-state index contributed by atoms with van der Waals surface area (Å²) in [7, 11) is 1.56. The van der Waals surface area contributed by atoms with Crippen molar-refractivity contribution in [2.24, 2.45) is 5.73 Å². The van der Waals surface area contributed by atoms with Crippen molar-refractivity contribution < 1.29 is 19.0 Å². The van der Waals surface area contributed by atoms with Gasteiger partial charge in [-0.25, -0.2) is 4.79 Å². The summed E-state index contributed by atoms with van der Waals surface area (Å²) in [4.78, 5) is 11.5. The van der Waals surface area contributed by atoms with Gasteiger partial charge in [-0.2, -0.15) is 0 Å². The zero-order valence-corrected chi connectivity index (χ0v) is 11.6. The fourth-order valence-corrected chi connectivity index (χ4v) is 1.63. The van der Waals surface area contributed by atoms with Crippen LogP contribution in [0.15, 0.2) is 18.2 Å². The van der Waals surface area contributed by atoms with Crippen molar-refractivity contribution in [3.8, 4) is 11.5 Å². The molecule has 0 aliphatic carbocycles. The maximum Gasteiger partial charge on any atom is 0.347 e. The molecule has 0 aliphatic rings. The third kappa shape index (κ3) is 4.44. The van der Waals surface area contributed by atoms with Gasteiger partial charge in [0.2, 0.25) is 0 Å². The van der Waals surface area contributed by atoms with Gasteiger partial charge in [0.15, 0.2) is 17.6 Å². The normalized spacial score (nSPS) is 11.8. The van der Waals surface area contributed by atoms with Crippen molar-refractivity contribution in [1.29, 1.82) is 0 Å². The summed E-state index contributed by atoms with van der Waals surface area (Å²) in [6, 6.07) is 5.54. The van der Waals surface area contributed by atoms with E-state index in [-0.39, 0.29) is 0 Å². The van der Waals surface area contributed by atoms with Gasteiger partial charge in [0.25, 0.3) is 0 Å². The van der Waals surface area contributed by atoms with Crippen LogP contribution in [0.5, 0.6) is 11.5 Å². The molecule has 1 unspecified atom stereocenters. The average molecular weight is 267 g/mol. The summed E-state index contributed by atoms with van der Waals surface area (Å²) in [6.07, 6.45) is 0.0959. The van der Waals surface area contributed by atoms with Gasteiger partial charge >= 0.3 is 5.97 Å². The minimum atomic E-state index is -0.672. The summed E-state index contributed by atoms with van der Waals surface area (Å²) >= 11 is 0. The molecule has 0 fully saturated rings. The fraction of sp³-hybridized carbons (Fsp3) is 0.500. The molecule has 0 radical (unpaired) electrons. The molecule has 1 aromatic carbocycles. The topological polar surface area (TPSA) is 70.8 Å². The highest BCUT2D eigenvalue weighted by molar-refractivity contribution is 5.74. The second-order valence-corrected chi connectivity index (χ2v) is 4.04. The van der Waals surface area contributed by atoms with Crippen molar-refractivity contribution in [2.75, 3.05) is 20.3 Å². The molecule has 1 aromatic rings. The van der Waals surface area contributed by atoms with Crippen LogP contribution in [0.3, 0.4) is 0 Å². The highest BCUT2D eigenvalue weighted by Crippen LogP contribution is 2.29. The number of carbonyl (C=O) groups excluding carboxylic acids is 1. The van der Waals surface area contributed by atoms with E-state index < -0.39 is 12.1 Å². The van der Waals surface area contributed by atoms with Crippen LogP contribution in [-0.4, -0.2) is 32.3 Å². The molecule has 106 valence electrons. The summed E-state index contributed by atoms with van der Waals surface area (Å²) in [5, 5.41) is 0. The Morgan fingerprint density at radius 3 is 2.68 bits per heavy atom. The number of ether oxygens (including phenoxy) is 3. The summed E-state index contributed by atoms with van der Waals surface area (Å²) in [5.74, 6) is 0.710. The molecule has 0 saturated heterocycles. The van der Waals surface area contributed by atoms with Crippen molar-refractivity contribution in [3.05, 3.63) is 23.8 Å². The lowest BCUT2D eigenvalue weighted by Gasteiger charge is -2.16. The standard InChI is InChI=1S/C14H21NO4/c1-4-18-14(16)10(2)19-12-6-5-11(7-8-15)9-13(12)17-3/h5-6,9-10H,4,7-8,15H2,1-3H3. The predicted octanol–water partition coefficient (Wildman–Crippen LogP) is 1.53. The van der Waals surface area contributed by atoms with Crippen LogP contribution in [-0.2, 0) is 16.0 Å². The maximum atomic E-state index is 11.5. The molecule has 0 amide bonds. The molecule has 1 rings (SSSR count). The molecule has 0 heterocycles. The minimum absolute atomic E-state index is 0.332. The Bertz CT molecular complexity index is 420. The van der Waals surface area contributed by atoms with E-state index in [0.29, 0.717) is 24.7 Å². The third-order valence-corrected chi connectivity index (χ3v) is 2.58. The number of methoxy groups -OCH3 is 1. The number of carbonyl (C=O) groups is 1. The van der Waals surface area contributed by atoms with Crippen molar-refractivity contribution in [3.63, 3.8) is 0 Å². The van der Waals surface area contributed by atoms with E-state index in [1.165, 1.54) is 0 Å². The lowest BCUT2D eigenvalue weighted by atomic mass is 10.1. The molecular formula is C14H21NO4. The third-order valence-electron chi connectivity index (χ3n) is 2.58. The Labute approximate surface area is 113 Å². The predicted molar refractivity (Wildman–Crippen MR) is 72.5 cm³/mol. The molecule has 1 atom stereocenters. The molecule has 19 heavy (non-hydrogen) atoms. The number of hydrogen-bond acceptors (Lipinski definition) is 5. The number of benzene rings is 1. The second kappa shape index (κ2) is 7.63. The quantitative estimate of drug-likeness (QED) is 0.758. The Hall–Kier alpha value is -1.75. The zero-order chi connectivity index (χ0) is 14.3. The minimum Gasteiger partial charge on any atom is -0.493 e. The van der Waals surface area contributed by atoms with Gasteiger partial charge < -0.3 is 19.9 Å². The Morgan fingerprint density at radius 1 is 1.37 bits per heavy atom. The Balaban J connectivity index is 2.79. The largest absolute Gasteiger partial charge is 0.493 e. The van der Waals surface area contributed by atoms with Gasteiger partial charge in [-0.15, -0.1) is 0 Å². The van der Waals surface area contributed by atoms with Crippen LogP contribution in [0.2, 0.25) is 0 Å². The summed E-state index contributed by atoms with van der Waals surface area (Å²) < 4.78 is 15.7. The number of nitrogens with two attached hydrogens (primary N) is 1. The van der Waals surface area contributed by atoms with Gasteiger partial charge in [-0.05, 0) is 44.5 Å². The van der Waals surface area contributed by atoms with Crippen LogP contribution in [0, 0.1) is 0 Å². The van der Waals surface area contributed by atoms with Gasteiger partial charge in [0.05, 0.1) is 13.7 Å². The van der Waals surface area contributed by atoms with Gasteiger partial charge in [-0.3, -0.25) is 0 Å². The van der Waals surface area contributed by atoms with Gasteiger partial charge in [-0.1, -0.05) is 6.07 Å². The van der Waals surface area contributed by atoms with E-state index in [1.807, 2.05) is 12.1 Å². The second-order valence-electron chi connectivity index (χ2n) is 4.04. The van der Waals surface area contributed by atoms with Crippen LogP contribution in [0.1, 0.15) is 19.4 Å². The van der Waals surface area contributed by atoms with Crippen molar-refractivity contribution in [1.82, 2.24) is 0 Å². The van der Waals surface area contributed by atoms with Crippen LogP contribution < -0.4 is 15.2 Å². The first kappa shape index (κ1) is 15.3. The van der Waals surface area contributed by atoms with Gasteiger partial charge in [0.1, 0.15) is 0 Å². The van der Waals surface area contributed by atoms with E-state index in [2.05, 4.69) is 0 Å². The monoisotopic (exact) mass is 267 g/mol. The van der Waals surface area contributed by atoms with Crippen LogP contribution in [0.25, 0.3) is 0 Å². The zero-order valence-electron chi connectivity index (χ0n) is 11.6. The number of hydrogen-bond donors (Lipinski definition) is 1. The molecular weight excluding hydrogens is 246 g/mol. The molecule has 0 bridgehead atoms. The van der Waals surface area contributed by atoms with E-state index in [1.54, 1.807) is 27.0 Å². The maximum absolute atomic E-state index is 11.5. The number of esters is 1.